The predicted molar refractivity (Wildman–Crippen MR) is 109 cm³/mol. The highest BCUT2D eigenvalue weighted by Crippen LogP contribution is 2.18. The fourth-order valence-corrected chi connectivity index (χ4v) is 2.61. The lowest BCUT2D eigenvalue weighted by atomic mass is 10.1. The Morgan fingerprint density at radius 3 is 2.32 bits per heavy atom. The molecule has 2 amide bonds. The average molecular weight is 377 g/mol. The van der Waals surface area contributed by atoms with Gasteiger partial charge in [-0.2, -0.15) is 0 Å². The van der Waals surface area contributed by atoms with Crippen LogP contribution in [0, 0.1) is 12.7 Å². The maximum Gasteiger partial charge on any atom is 0.257 e. The number of halogens is 1. The van der Waals surface area contributed by atoms with E-state index in [-0.39, 0.29) is 24.2 Å². The van der Waals surface area contributed by atoms with Crippen molar-refractivity contribution in [1.82, 2.24) is 0 Å². The third kappa shape index (κ3) is 4.94. The third-order valence-electron chi connectivity index (χ3n) is 4.10. The second kappa shape index (κ2) is 8.81. The van der Waals surface area contributed by atoms with Crippen molar-refractivity contribution in [2.24, 2.45) is 0 Å². The van der Waals surface area contributed by atoms with E-state index in [9.17, 15) is 14.0 Å². The van der Waals surface area contributed by atoms with E-state index < -0.39 is 0 Å². The van der Waals surface area contributed by atoms with Gasteiger partial charge in [0.15, 0.2) is 0 Å². The van der Waals surface area contributed by atoms with Crippen LogP contribution in [-0.2, 0) is 4.79 Å². The molecule has 3 aromatic carbocycles. The Hall–Kier alpha value is -3.67. The van der Waals surface area contributed by atoms with Crippen molar-refractivity contribution < 1.29 is 14.0 Å². The Bertz CT molecular complexity index is 990. The summed E-state index contributed by atoms with van der Waals surface area (Å²) in [6.07, 6.45) is 0. The van der Waals surface area contributed by atoms with Gasteiger partial charge in [0.25, 0.3) is 5.91 Å². The van der Waals surface area contributed by atoms with Crippen LogP contribution >= 0.6 is 0 Å². The molecule has 0 heterocycles. The van der Waals surface area contributed by atoms with E-state index in [1.807, 2.05) is 18.2 Å². The molecule has 0 aromatic heterocycles. The highest BCUT2D eigenvalue weighted by Gasteiger charge is 2.12. The summed E-state index contributed by atoms with van der Waals surface area (Å²) in [7, 11) is 0. The van der Waals surface area contributed by atoms with Crippen LogP contribution < -0.4 is 16.0 Å². The van der Waals surface area contributed by atoms with Gasteiger partial charge in [0.05, 0.1) is 12.1 Å². The van der Waals surface area contributed by atoms with Crippen molar-refractivity contribution >= 4 is 28.9 Å². The van der Waals surface area contributed by atoms with E-state index in [1.165, 1.54) is 6.07 Å². The summed E-state index contributed by atoms with van der Waals surface area (Å²) in [4.78, 5) is 24.7. The molecule has 0 fully saturated rings. The highest BCUT2D eigenvalue weighted by molar-refractivity contribution is 6.08. The SMILES string of the molecule is Cc1ccc(NC(=O)CNc2ccccc2C(=O)Nc2ccccc2)cc1F. The number of amides is 2. The number of carbonyl (C=O) groups excluding carboxylic acids is 2. The molecule has 0 bridgehead atoms. The maximum atomic E-state index is 13.6. The molecule has 5 nitrogen and oxygen atoms in total. The lowest BCUT2D eigenvalue weighted by Crippen LogP contribution is -2.23. The fourth-order valence-electron chi connectivity index (χ4n) is 2.61. The molecule has 28 heavy (non-hydrogen) atoms. The van der Waals surface area contributed by atoms with Crippen LogP contribution in [0.1, 0.15) is 15.9 Å². The van der Waals surface area contributed by atoms with Crippen LogP contribution in [0.25, 0.3) is 0 Å². The van der Waals surface area contributed by atoms with Crippen molar-refractivity contribution in [2.75, 3.05) is 22.5 Å². The van der Waals surface area contributed by atoms with E-state index >= 15 is 0 Å². The molecule has 0 aliphatic rings. The lowest BCUT2D eigenvalue weighted by molar-refractivity contribution is -0.114. The van der Waals surface area contributed by atoms with Crippen LogP contribution in [0.15, 0.2) is 72.8 Å². The monoisotopic (exact) mass is 377 g/mol. The van der Waals surface area contributed by atoms with Gasteiger partial charge in [0, 0.05) is 17.1 Å². The summed E-state index contributed by atoms with van der Waals surface area (Å²) in [5.74, 6) is -1.01. The zero-order chi connectivity index (χ0) is 19.9. The van der Waals surface area contributed by atoms with Crippen molar-refractivity contribution in [3.63, 3.8) is 0 Å². The topological polar surface area (TPSA) is 70.2 Å². The van der Waals surface area contributed by atoms with Crippen LogP contribution in [0.5, 0.6) is 0 Å². The number of para-hydroxylation sites is 2. The minimum Gasteiger partial charge on any atom is -0.376 e. The van der Waals surface area contributed by atoms with Gasteiger partial charge in [-0.15, -0.1) is 0 Å². The number of carbonyl (C=O) groups is 2. The molecule has 0 aliphatic heterocycles. The smallest absolute Gasteiger partial charge is 0.257 e. The van der Waals surface area contributed by atoms with Gasteiger partial charge in [-0.25, -0.2) is 4.39 Å². The molecule has 0 saturated carbocycles. The van der Waals surface area contributed by atoms with Crippen LogP contribution in [-0.4, -0.2) is 18.4 Å². The summed E-state index contributed by atoms with van der Waals surface area (Å²) < 4.78 is 13.6. The van der Waals surface area contributed by atoms with E-state index in [2.05, 4.69) is 16.0 Å². The highest BCUT2D eigenvalue weighted by atomic mass is 19.1. The van der Waals surface area contributed by atoms with E-state index in [0.717, 1.165) is 0 Å². The Balaban J connectivity index is 1.63. The van der Waals surface area contributed by atoms with E-state index in [4.69, 9.17) is 0 Å². The molecule has 0 atom stereocenters. The first-order valence-corrected chi connectivity index (χ1v) is 8.78. The normalized spacial score (nSPS) is 10.2. The zero-order valence-electron chi connectivity index (χ0n) is 15.3. The largest absolute Gasteiger partial charge is 0.376 e. The quantitative estimate of drug-likeness (QED) is 0.595. The average Bonchev–Trinajstić information content (AvgIpc) is 2.70. The molecule has 142 valence electrons. The number of nitrogens with one attached hydrogen (secondary N) is 3. The van der Waals surface area contributed by atoms with Crippen molar-refractivity contribution in [1.29, 1.82) is 0 Å². The Morgan fingerprint density at radius 2 is 1.57 bits per heavy atom. The van der Waals surface area contributed by atoms with Gasteiger partial charge >= 0.3 is 0 Å². The Morgan fingerprint density at radius 1 is 0.857 bits per heavy atom. The summed E-state index contributed by atoms with van der Waals surface area (Å²) in [5, 5.41) is 8.40. The predicted octanol–water partition coefficient (Wildman–Crippen LogP) is 4.44. The molecule has 0 aliphatic carbocycles. The first-order chi connectivity index (χ1) is 13.5. The molecule has 3 aromatic rings. The van der Waals surface area contributed by atoms with Gasteiger partial charge in [0.2, 0.25) is 5.91 Å². The number of benzene rings is 3. The molecule has 0 radical (unpaired) electrons. The van der Waals surface area contributed by atoms with Gasteiger partial charge < -0.3 is 16.0 Å². The van der Waals surface area contributed by atoms with E-state index in [0.29, 0.717) is 28.2 Å². The molecule has 6 heteroatoms. The fraction of sp³-hybridized carbons (Fsp3) is 0.0909. The summed E-state index contributed by atoms with van der Waals surface area (Å²) in [5.41, 5.74) is 2.52. The van der Waals surface area contributed by atoms with Crippen molar-refractivity contribution in [3.05, 3.63) is 89.7 Å². The third-order valence-corrected chi connectivity index (χ3v) is 4.10. The zero-order valence-corrected chi connectivity index (χ0v) is 15.3. The molecule has 0 spiro atoms. The van der Waals surface area contributed by atoms with Crippen LogP contribution in [0.3, 0.4) is 0 Å². The molecule has 0 saturated heterocycles. The lowest BCUT2D eigenvalue weighted by Gasteiger charge is -2.12. The number of hydrogen-bond donors (Lipinski definition) is 3. The summed E-state index contributed by atoms with van der Waals surface area (Å²) in [6.45, 7) is 1.59. The standard InChI is InChI=1S/C22H20FN3O2/c1-15-11-12-17(13-19(15)23)25-21(27)14-24-20-10-6-5-9-18(20)22(28)26-16-7-3-2-4-8-16/h2-13,24H,14H2,1H3,(H,25,27)(H,26,28). The Kier molecular flexibility index (Phi) is 6.01. The molecule has 3 rings (SSSR count). The minimum absolute atomic E-state index is 0.0644. The van der Waals surface area contributed by atoms with Crippen molar-refractivity contribution in [3.8, 4) is 0 Å². The first-order valence-electron chi connectivity index (χ1n) is 8.78. The minimum atomic E-state index is -0.381. The molecular formula is C22H20FN3O2. The molecule has 0 unspecified atom stereocenters. The van der Waals surface area contributed by atoms with Gasteiger partial charge in [-0.3, -0.25) is 9.59 Å². The second-order valence-corrected chi connectivity index (χ2v) is 6.23. The number of anilines is 3. The van der Waals surface area contributed by atoms with Gasteiger partial charge in [-0.1, -0.05) is 36.4 Å². The molecular weight excluding hydrogens is 357 g/mol. The van der Waals surface area contributed by atoms with Crippen molar-refractivity contribution in [2.45, 2.75) is 6.92 Å². The van der Waals surface area contributed by atoms with Gasteiger partial charge in [0.1, 0.15) is 5.82 Å². The summed E-state index contributed by atoms with van der Waals surface area (Å²) >= 11 is 0. The maximum absolute atomic E-state index is 13.6. The molecule has 3 N–H and O–H groups in total. The first kappa shape index (κ1) is 19.1. The second-order valence-electron chi connectivity index (χ2n) is 6.23. The number of hydrogen-bond acceptors (Lipinski definition) is 3. The van der Waals surface area contributed by atoms with E-state index in [1.54, 1.807) is 55.5 Å². The number of rotatable bonds is 6. The number of aryl methyl sites for hydroxylation is 1. The van der Waals surface area contributed by atoms with Gasteiger partial charge in [-0.05, 0) is 48.9 Å². The van der Waals surface area contributed by atoms with Crippen LogP contribution in [0.2, 0.25) is 0 Å². The van der Waals surface area contributed by atoms with Crippen LogP contribution in [0.4, 0.5) is 21.5 Å². The Labute approximate surface area is 162 Å². The summed E-state index contributed by atoms with van der Waals surface area (Å²) in [6, 6.07) is 20.5.